The summed E-state index contributed by atoms with van der Waals surface area (Å²) in [5.74, 6) is 0.849. The fraction of sp³-hybridized carbons (Fsp3) is 0.700. The molecule has 0 spiro atoms. The molecule has 1 unspecified atom stereocenters. The summed E-state index contributed by atoms with van der Waals surface area (Å²) in [5.41, 5.74) is 5.73. The minimum absolute atomic E-state index is 0.0249. The Kier molecular flexibility index (Phi) is 3.19. The van der Waals surface area contributed by atoms with Crippen molar-refractivity contribution in [3.63, 3.8) is 0 Å². The van der Waals surface area contributed by atoms with E-state index in [1.807, 2.05) is 11.5 Å². The highest BCUT2D eigenvalue weighted by atomic mass is 16.2. The Labute approximate surface area is 94.4 Å². The Hall–Kier alpha value is -1.43. The molecule has 1 atom stereocenters. The molecule has 1 fully saturated rings. The van der Waals surface area contributed by atoms with E-state index in [-0.39, 0.29) is 11.9 Å². The van der Waals surface area contributed by atoms with Crippen molar-refractivity contribution in [2.24, 2.45) is 5.73 Å². The van der Waals surface area contributed by atoms with E-state index in [2.05, 4.69) is 10.2 Å². The van der Waals surface area contributed by atoms with Crippen LogP contribution in [0.2, 0.25) is 0 Å². The molecule has 0 radical (unpaired) electrons. The number of nitrogens with two attached hydrogens (primary N) is 1. The summed E-state index contributed by atoms with van der Waals surface area (Å²) in [6, 6.07) is -0.341. The zero-order valence-corrected chi connectivity index (χ0v) is 9.46. The van der Waals surface area contributed by atoms with E-state index in [0.717, 1.165) is 31.8 Å². The molecule has 2 rings (SSSR count). The number of aryl methyl sites for hydroxylation is 1. The number of hydrogen-bond donors (Lipinski definition) is 1. The predicted octanol–water partition coefficient (Wildman–Crippen LogP) is -0.252. The van der Waals surface area contributed by atoms with Crippen LogP contribution in [0.15, 0.2) is 6.33 Å². The SMILES string of the molecule is CCn1cnnc1CN1CCCC(N)C1=O. The van der Waals surface area contributed by atoms with Crippen molar-refractivity contribution >= 4 is 5.91 Å². The van der Waals surface area contributed by atoms with Gasteiger partial charge in [-0.25, -0.2) is 0 Å². The number of aromatic nitrogens is 3. The molecular formula is C10H17N5O. The van der Waals surface area contributed by atoms with Gasteiger partial charge in [0, 0.05) is 13.1 Å². The summed E-state index contributed by atoms with van der Waals surface area (Å²) in [6.07, 6.45) is 3.44. The van der Waals surface area contributed by atoms with E-state index in [1.54, 1.807) is 11.2 Å². The van der Waals surface area contributed by atoms with Crippen molar-refractivity contribution < 1.29 is 4.79 Å². The number of rotatable bonds is 3. The molecule has 1 aliphatic heterocycles. The van der Waals surface area contributed by atoms with E-state index in [1.165, 1.54) is 0 Å². The largest absolute Gasteiger partial charge is 0.334 e. The molecule has 0 bridgehead atoms. The maximum atomic E-state index is 11.8. The summed E-state index contributed by atoms with van der Waals surface area (Å²) < 4.78 is 1.94. The third-order valence-corrected chi connectivity index (χ3v) is 2.94. The number of carbonyl (C=O) groups excluding carboxylic acids is 1. The van der Waals surface area contributed by atoms with Gasteiger partial charge in [0.1, 0.15) is 6.33 Å². The van der Waals surface area contributed by atoms with Crippen LogP contribution < -0.4 is 5.73 Å². The predicted molar refractivity (Wildman–Crippen MR) is 58.3 cm³/mol. The summed E-state index contributed by atoms with van der Waals surface area (Å²) in [6.45, 7) is 4.12. The molecule has 0 aliphatic carbocycles. The van der Waals surface area contributed by atoms with Crippen molar-refractivity contribution in [1.82, 2.24) is 19.7 Å². The minimum atomic E-state index is -0.341. The van der Waals surface area contributed by atoms with Crippen LogP contribution in [0.1, 0.15) is 25.6 Å². The van der Waals surface area contributed by atoms with Crippen molar-refractivity contribution in [2.75, 3.05) is 6.54 Å². The zero-order chi connectivity index (χ0) is 11.5. The van der Waals surface area contributed by atoms with Gasteiger partial charge in [-0.3, -0.25) is 4.79 Å². The second-order valence-electron chi connectivity index (χ2n) is 4.04. The van der Waals surface area contributed by atoms with Gasteiger partial charge < -0.3 is 15.2 Å². The maximum absolute atomic E-state index is 11.8. The molecule has 0 aromatic carbocycles. The zero-order valence-electron chi connectivity index (χ0n) is 9.46. The fourth-order valence-electron chi connectivity index (χ4n) is 1.96. The molecule has 0 saturated carbocycles. The summed E-state index contributed by atoms with van der Waals surface area (Å²) in [4.78, 5) is 13.6. The lowest BCUT2D eigenvalue weighted by Gasteiger charge is -2.29. The van der Waals surface area contributed by atoms with Crippen LogP contribution in [0.5, 0.6) is 0 Å². The first-order valence-corrected chi connectivity index (χ1v) is 5.63. The second kappa shape index (κ2) is 4.61. The van der Waals surface area contributed by atoms with E-state index in [4.69, 9.17) is 5.73 Å². The Balaban J connectivity index is 2.06. The summed E-state index contributed by atoms with van der Waals surface area (Å²) >= 11 is 0. The number of hydrogen-bond acceptors (Lipinski definition) is 4. The van der Waals surface area contributed by atoms with Crippen molar-refractivity contribution in [2.45, 2.75) is 38.9 Å². The third-order valence-electron chi connectivity index (χ3n) is 2.94. The maximum Gasteiger partial charge on any atom is 0.239 e. The average molecular weight is 223 g/mol. The number of nitrogens with zero attached hydrogens (tertiary/aromatic N) is 4. The molecule has 16 heavy (non-hydrogen) atoms. The molecular weight excluding hydrogens is 206 g/mol. The van der Waals surface area contributed by atoms with Crippen molar-refractivity contribution in [3.05, 3.63) is 12.2 Å². The standard InChI is InChI=1S/C10H17N5O/c1-2-14-7-12-13-9(14)6-15-5-3-4-8(11)10(15)16/h7-8H,2-6,11H2,1H3. The second-order valence-corrected chi connectivity index (χ2v) is 4.04. The Morgan fingerprint density at radius 2 is 2.44 bits per heavy atom. The monoisotopic (exact) mass is 223 g/mol. The lowest BCUT2D eigenvalue weighted by Crippen LogP contribution is -2.48. The fourth-order valence-corrected chi connectivity index (χ4v) is 1.96. The van der Waals surface area contributed by atoms with Crippen LogP contribution in [-0.2, 0) is 17.9 Å². The molecule has 6 heteroatoms. The highest BCUT2D eigenvalue weighted by Gasteiger charge is 2.26. The van der Waals surface area contributed by atoms with Crippen molar-refractivity contribution in [1.29, 1.82) is 0 Å². The average Bonchev–Trinajstić information content (AvgIpc) is 2.72. The van der Waals surface area contributed by atoms with Crippen molar-refractivity contribution in [3.8, 4) is 0 Å². The van der Waals surface area contributed by atoms with Crippen LogP contribution in [0.3, 0.4) is 0 Å². The van der Waals surface area contributed by atoms with Gasteiger partial charge in [-0.1, -0.05) is 0 Å². The van der Waals surface area contributed by atoms with Gasteiger partial charge in [-0.05, 0) is 19.8 Å². The Morgan fingerprint density at radius 3 is 3.19 bits per heavy atom. The van der Waals surface area contributed by atoms with Gasteiger partial charge in [0.15, 0.2) is 5.82 Å². The van der Waals surface area contributed by atoms with E-state index >= 15 is 0 Å². The molecule has 1 amide bonds. The van der Waals surface area contributed by atoms with Gasteiger partial charge in [-0.15, -0.1) is 10.2 Å². The van der Waals surface area contributed by atoms with Crippen LogP contribution >= 0.6 is 0 Å². The lowest BCUT2D eigenvalue weighted by atomic mass is 10.1. The van der Waals surface area contributed by atoms with Gasteiger partial charge in [0.2, 0.25) is 5.91 Å². The molecule has 1 aliphatic rings. The quantitative estimate of drug-likeness (QED) is 0.766. The molecule has 88 valence electrons. The smallest absolute Gasteiger partial charge is 0.239 e. The first-order valence-electron chi connectivity index (χ1n) is 5.63. The normalized spacial score (nSPS) is 21.5. The number of likely N-dealkylation sites (tertiary alicyclic amines) is 1. The third kappa shape index (κ3) is 2.06. The van der Waals surface area contributed by atoms with Crippen LogP contribution in [0.25, 0.3) is 0 Å². The highest BCUT2D eigenvalue weighted by Crippen LogP contribution is 2.12. The molecule has 6 nitrogen and oxygen atoms in total. The topological polar surface area (TPSA) is 77.0 Å². The molecule has 2 N–H and O–H groups in total. The molecule has 1 aromatic heterocycles. The first-order chi connectivity index (χ1) is 7.72. The van der Waals surface area contributed by atoms with Gasteiger partial charge in [-0.2, -0.15) is 0 Å². The van der Waals surface area contributed by atoms with Crippen LogP contribution in [0, 0.1) is 0 Å². The molecule has 1 saturated heterocycles. The van der Waals surface area contributed by atoms with Gasteiger partial charge >= 0.3 is 0 Å². The van der Waals surface area contributed by atoms with E-state index in [9.17, 15) is 4.79 Å². The van der Waals surface area contributed by atoms with Crippen LogP contribution in [-0.4, -0.2) is 38.2 Å². The van der Waals surface area contributed by atoms with E-state index in [0.29, 0.717) is 6.54 Å². The lowest BCUT2D eigenvalue weighted by molar-refractivity contribution is -0.135. The number of carbonyl (C=O) groups is 1. The first kappa shape index (κ1) is 11.1. The highest BCUT2D eigenvalue weighted by molar-refractivity contribution is 5.82. The number of piperidine rings is 1. The summed E-state index contributed by atoms with van der Waals surface area (Å²) in [7, 11) is 0. The van der Waals surface area contributed by atoms with Crippen LogP contribution in [0.4, 0.5) is 0 Å². The van der Waals surface area contributed by atoms with Gasteiger partial charge in [0.05, 0.1) is 12.6 Å². The van der Waals surface area contributed by atoms with Gasteiger partial charge in [0.25, 0.3) is 0 Å². The minimum Gasteiger partial charge on any atom is -0.334 e. The Bertz CT molecular complexity index is 375. The molecule has 1 aromatic rings. The summed E-state index contributed by atoms with van der Waals surface area (Å²) in [5, 5.41) is 7.87. The number of amides is 1. The van der Waals surface area contributed by atoms with E-state index < -0.39 is 0 Å². The molecule has 2 heterocycles. The Morgan fingerprint density at radius 1 is 1.62 bits per heavy atom.